The lowest BCUT2D eigenvalue weighted by molar-refractivity contribution is 0.195. The second-order valence-electron chi connectivity index (χ2n) is 5.16. The summed E-state index contributed by atoms with van der Waals surface area (Å²) in [6.07, 6.45) is 2.22. The first kappa shape index (κ1) is 13.5. The average molecular weight is 293 g/mol. The van der Waals surface area contributed by atoms with Crippen LogP contribution in [0.1, 0.15) is 18.7 Å². The lowest BCUT2D eigenvalue weighted by atomic mass is 10.1. The predicted octanol–water partition coefficient (Wildman–Crippen LogP) is 2.31. The van der Waals surface area contributed by atoms with Gasteiger partial charge in [-0.3, -0.25) is 4.90 Å². The summed E-state index contributed by atoms with van der Waals surface area (Å²) in [4.78, 5) is 6.69. The normalized spacial score (nSPS) is 20.2. The SMILES string of the molecule is N[C@@H]1CCCN(Cc2noc(-c3ccc(Cl)cc3)n2)C1. The molecule has 1 saturated heterocycles. The fourth-order valence-corrected chi connectivity index (χ4v) is 2.59. The van der Waals surface area contributed by atoms with Crippen molar-refractivity contribution in [3.8, 4) is 11.5 Å². The van der Waals surface area contributed by atoms with Crippen molar-refractivity contribution >= 4 is 11.6 Å². The van der Waals surface area contributed by atoms with Crippen LogP contribution < -0.4 is 5.73 Å². The molecule has 0 unspecified atom stereocenters. The van der Waals surface area contributed by atoms with Gasteiger partial charge in [-0.15, -0.1) is 0 Å². The zero-order valence-electron chi connectivity index (χ0n) is 11.1. The molecule has 0 aliphatic carbocycles. The maximum absolute atomic E-state index is 5.97. The number of piperidine rings is 1. The number of hydrogen-bond donors (Lipinski definition) is 1. The van der Waals surface area contributed by atoms with Gasteiger partial charge in [0.25, 0.3) is 5.89 Å². The molecule has 2 heterocycles. The van der Waals surface area contributed by atoms with E-state index < -0.39 is 0 Å². The third kappa shape index (κ3) is 3.17. The highest BCUT2D eigenvalue weighted by Gasteiger charge is 2.19. The lowest BCUT2D eigenvalue weighted by Crippen LogP contribution is -2.42. The molecule has 20 heavy (non-hydrogen) atoms. The van der Waals surface area contributed by atoms with Gasteiger partial charge in [0.15, 0.2) is 5.82 Å². The fraction of sp³-hybridized carbons (Fsp3) is 0.429. The lowest BCUT2D eigenvalue weighted by Gasteiger charge is -2.29. The number of nitrogens with zero attached hydrogens (tertiary/aromatic N) is 3. The summed E-state index contributed by atoms with van der Waals surface area (Å²) in [7, 11) is 0. The Morgan fingerprint density at radius 3 is 2.90 bits per heavy atom. The van der Waals surface area contributed by atoms with Crippen molar-refractivity contribution in [3.63, 3.8) is 0 Å². The topological polar surface area (TPSA) is 68.2 Å². The highest BCUT2D eigenvalue weighted by Crippen LogP contribution is 2.20. The van der Waals surface area contributed by atoms with E-state index in [-0.39, 0.29) is 6.04 Å². The monoisotopic (exact) mass is 292 g/mol. The number of likely N-dealkylation sites (tertiary alicyclic amines) is 1. The van der Waals surface area contributed by atoms with Crippen molar-refractivity contribution in [1.29, 1.82) is 0 Å². The smallest absolute Gasteiger partial charge is 0.257 e. The van der Waals surface area contributed by atoms with Crippen molar-refractivity contribution in [3.05, 3.63) is 35.1 Å². The molecule has 1 aliphatic heterocycles. The molecule has 106 valence electrons. The standard InChI is InChI=1S/C14H17ClN4O/c15-11-5-3-10(4-6-11)14-17-13(18-20-14)9-19-7-1-2-12(16)8-19/h3-6,12H,1-2,7-9,16H2/t12-/m1/s1. The van der Waals surface area contributed by atoms with Crippen LogP contribution in [0.3, 0.4) is 0 Å². The largest absolute Gasteiger partial charge is 0.334 e. The van der Waals surface area contributed by atoms with Crippen LogP contribution in [0, 0.1) is 0 Å². The number of halogens is 1. The maximum Gasteiger partial charge on any atom is 0.257 e. The van der Waals surface area contributed by atoms with E-state index in [9.17, 15) is 0 Å². The molecule has 0 amide bonds. The van der Waals surface area contributed by atoms with E-state index in [0.29, 0.717) is 23.3 Å². The molecule has 1 aromatic carbocycles. The summed E-state index contributed by atoms with van der Waals surface area (Å²) in [5.41, 5.74) is 6.85. The van der Waals surface area contributed by atoms with Crippen molar-refractivity contribution in [2.24, 2.45) is 5.73 Å². The Kier molecular flexibility index (Phi) is 4.00. The van der Waals surface area contributed by atoms with E-state index in [1.165, 1.54) is 0 Å². The van der Waals surface area contributed by atoms with Crippen molar-refractivity contribution in [2.45, 2.75) is 25.4 Å². The van der Waals surface area contributed by atoms with E-state index in [2.05, 4.69) is 15.0 Å². The Hall–Kier alpha value is -1.43. The van der Waals surface area contributed by atoms with Crippen LogP contribution in [0.15, 0.2) is 28.8 Å². The first-order valence-electron chi connectivity index (χ1n) is 6.77. The fourth-order valence-electron chi connectivity index (χ4n) is 2.46. The average Bonchev–Trinajstić information content (AvgIpc) is 2.88. The number of rotatable bonds is 3. The highest BCUT2D eigenvalue weighted by molar-refractivity contribution is 6.30. The van der Waals surface area contributed by atoms with Gasteiger partial charge in [-0.1, -0.05) is 16.8 Å². The third-order valence-corrected chi connectivity index (χ3v) is 3.72. The molecule has 0 spiro atoms. The van der Waals surface area contributed by atoms with Crippen LogP contribution in [0.5, 0.6) is 0 Å². The first-order valence-corrected chi connectivity index (χ1v) is 7.15. The molecule has 0 radical (unpaired) electrons. The third-order valence-electron chi connectivity index (χ3n) is 3.47. The van der Waals surface area contributed by atoms with Crippen LogP contribution >= 0.6 is 11.6 Å². The van der Waals surface area contributed by atoms with E-state index in [4.69, 9.17) is 21.9 Å². The Balaban J connectivity index is 1.69. The highest BCUT2D eigenvalue weighted by atomic mass is 35.5. The molecule has 1 aliphatic rings. The second-order valence-corrected chi connectivity index (χ2v) is 5.60. The number of nitrogens with two attached hydrogens (primary N) is 1. The van der Waals surface area contributed by atoms with Gasteiger partial charge in [0.05, 0.1) is 6.54 Å². The minimum Gasteiger partial charge on any atom is -0.334 e. The van der Waals surface area contributed by atoms with Gasteiger partial charge in [0.2, 0.25) is 0 Å². The van der Waals surface area contributed by atoms with E-state index in [1.807, 2.05) is 24.3 Å². The van der Waals surface area contributed by atoms with Gasteiger partial charge < -0.3 is 10.3 Å². The molecule has 5 nitrogen and oxygen atoms in total. The van der Waals surface area contributed by atoms with Gasteiger partial charge in [-0.25, -0.2) is 0 Å². The summed E-state index contributed by atoms with van der Waals surface area (Å²) in [5, 5.41) is 4.72. The van der Waals surface area contributed by atoms with E-state index in [1.54, 1.807) is 0 Å². The van der Waals surface area contributed by atoms with Crippen LogP contribution in [-0.2, 0) is 6.54 Å². The zero-order chi connectivity index (χ0) is 13.9. The summed E-state index contributed by atoms with van der Waals surface area (Å²) < 4.78 is 5.30. The molecule has 0 bridgehead atoms. The molecule has 2 N–H and O–H groups in total. The number of aromatic nitrogens is 2. The van der Waals surface area contributed by atoms with Gasteiger partial charge >= 0.3 is 0 Å². The number of hydrogen-bond acceptors (Lipinski definition) is 5. The minimum absolute atomic E-state index is 0.256. The van der Waals surface area contributed by atoms with Gasteiger partial charge in [0, 0.05) is 23.2 Å². The molecule has 1 aromatic heterocycles. The van der Waals surface area contributed by atoms with Crippen molar-refractivity contribution in [1.82, 2.24) is 15.0 Å². The molecule has 6 heteroatoms. The van der Waals surface area contributed by atoms with E-state index >= 15 is 0 Å². The van der Waals surface area contributed by atoms with Crippen LogP contribution in [-0.4, -0.2) is 34.2 Å². The molecular formula is C14H17ClN4O. The quantitative estimate of drug-likeness (QED) is 0.940. The number of benzene rings is 1. The molecular weight excluding hydrogens is 276 g/mol. The van der Waals surface area contributed by atoms with Crippen LogP contribution in [0.2, 0.25) is 5.02 Å². The zero-order valence-corrected chi connectivity index (χ0v) is 11.9. The molecule has 1 fully saturated rings. The van der Waals surface area contributed by atoms with Crippen molar-refractivity contribution in [2.75, 3.05) is 13.1 Å². The molecule has 0 saturated carbocycles. The minimum atomic E-state index is 0.256. The van der Waals surface area contributed by atoms with Gasteiger partial charge in [0.1, 0.15) is 0 Å². The first-order chi connectivity index (χ1) is 9.70. The Bertz CT molecular complexity index is 569. The van der Waals surface area contributed by atoms with Crippen LogP contribution in [0.25, 0.3) is 11.5 Å². The van der Waals surface area contributed by atoms with Crippen LogP contribution in [0.4, 0.5) is 0 Å². The Morgan fingerprint density at radius 2 is 2.15 bits per heavy atom. The molecule has 3 rings (SSSR count). The summed E-state index contributed by atoms with van der Waals surface area (Å²) in [5.74, 6) is 1.22. The Morgan fingerprint density at radius 1 is 1.35 bits per heavy atom. The summed E-state index contributed by atoms with van der Waals surface area (Å²) >= 11 is 5.86. The predicted molar refractivity (Wildman–Crippen MR) is 77.2 cm³/mol. The Labute approximate surface area is 122 Å². The second kappa shape index (κ2) is 5.91. The summed E-state index contributed by atoms with van der Waals surface area (Å²) in [6.45, 7) is 2.62. The molecule has 2 aromatic rings. The van der Waals surface area contributed by atoms with Gasteiger partial charge in [-0.05, 0) is 43.7 Å². The summed E-state index contributed by atoms with van der Waals surface area (Å²) in [6, 6.07) is 7.62. The van der Waals surface area contributed by atoms with E-state index in [0.717, 1.165) is 31.5 Å². The van der Waals surface area contributed by atoms with Gasteiger partial charge in [-0.2, -0.15) is 4.98 Å². The molecule has 1 atom stereocenters. The van der Waals surface area contributed by atoms with Crippen molar-refractivity contribution < 1.29 is 4.52 Å². The maximum atomic E-state index is 5.97.